The average Bonchev–Trinajstić information content (AvgIpc) is 2.55. The van der Waals surface area contributed by atoms with E-state index in [1.807, 2.05) is 0 Å². The van der Waals surface area contributed by atoms with Gasteiger partial charge in [-0.3, -0.25) is 4.79 Å². The second-order valence-electron chi connectivity index (χ2n) is 6.01. The van der Waals surface area contributed by atoms with Gasteiger partial charge in [-0.25, -0.2) is 0 Å². The van der Waals surface area contributed by atoms with Gasteiger partial charge in [-0.15, -0.1) is 0 Å². The Hall–Kier alpha value is -1.22. The smallest absolute Gasteiger partial charge is 0.166 e. The number of carbonyl (C=O) groups is 1. The Labute approximate surface area is 137 Å². The Morgan fingerprint density at radius 1 is 1.14 bits per heavy atom. The van der Waals surface area contributed by atoms with Gasteiger partial charge in [0.05, 0.1) is 24.8 Å². The van der Waals surface area contributed by atoms with Gasteiger partial charge in [-0.05, 0) is 18.4 Å². The second kappa shape index (κ2) is 8.42. The first-order valence-corrected chi connectivity index (χ1v) is 8.48. The molecule has 0 amide bonds. The van der Waals surface area contributed by atoms with Crippen molar-refractivity contribution in [1.29, 1.82) is 0 Å². The topological polar surface area (TPSA) is 35.5 Å². The van der Waals surface area contributed by atoms with E-state index in [1.54, 1.807) is 26.4 Å². The van der Waals surface area contributed by atoms with Crippen LogP contribution in [0, 0.1) is 5.92 Å². The van der Waals surface area contributed by atoms with Crippen molar-refractivity contribution in [3.05, 3.63) is 22.7 Å². The molecule has 0 saturated heterocycles. The lowest BCUT2D eigenvalue weighted by atomic mass is 9.85. The van der Waals surface area contributed by atoms with Crippen molar-refractivity contribution in [2.24, 2.45) is 5.92 Å². The summed E-state index contributed by atoms with van der Waals surface area (Å²) in [6, 6.07) is 3.33. The molecule has 0 unspecified atom stereocenters. The zero-order chi connectivity index (χ0) is 15.9. The number of halogens is 1. The molecule has 0 spiro atoms. The van der Waals surface area contributed by atoms with Crippen LogP contribution in [-0.4, -0.2) is 20.0 Å². The van der Waals surface area contributed by atoms with Gasteiger partial charge < -0.3 is 9.47 Å². The molecule has 2 rings (SSSR count). The van der Waals surface area contributed by atoms with Crippen LogP contribution < -0.4 is 9.47 Å². The summed E-state index contributed by atoms with van der Waals surface area (Å²) in [4.78, 5) is 12.5. The van der Waals surface area contributed by atoms with Gasteiger partial charge in [0, 0.05) is 12.5 Å². The highest BCUT2D eigenvalue weighted by Crippen LogP contribution is 2.34. The first-order chi connectivity index (χ1) is 10.7. The van der Waals surface area contributed by atoms with E-state index < -0.39 is 0 Å². The quantitative estimate of drug-likeness (QED) is 0.639. The molecule has 0 heterocycles. The minimum absolute atomic E-state index is 0.0997. The Bertz CT molecular complexity index is 507. The van der Waals surface area contributed by atoms with Crippen molar-refractivity contribution < 1.29 is 14.3 Å². The molecule has 0 aliphatic heterocycles. The molecule has 1 aromatic rings. The summed E-state index contributed by atoms with van der Waals surface area (Å²) >= 11 is 6.07. The summed E-state index contributed by atoms with van der Waals surface area (Å²) in [7, 11) is 3.10. The largest absolute Gasteiger partial charge is 0.496 e. The predicted molar refractivity (Wildman–Crippen MR) is 89.3 cm³/mol. The van der Waals surface area contributed by atoms with E-state index in [2.05, 4.69) is 0 Å². The van der Waals surface area contributed by atoms with Crippen molar-refractivity contribution in [2.45, 2.75) is 51.4 Å². The Kier molecular flexibility index (Phi) is 6.56. The zero-order valence-electron chi connectivity index (χ0n) is 13.5. The standard InChI is InChI=1S/C18H25ClO3/c1-21-17-12-15(19)18(22-2)11-14(17)16(20)10-6-9-13-7-4-3-5-8-13/h11-13H,3-10H2,1-2H3. The normalized spacial score (nSPS) is 15.6. The van der Waals surface area contributed by atoms with E-state index in [4.69, 9.17) is 21.1 Å². The van der Waals surface area contributed by atoms with Crippen molar-refractivity contribution in [1.82, 2.24) is 0 Å². The third-order valence-electron chi connectivity index (χ3n) is 4.52. The molecule has 0 bridgehead atoms. The number of hydrogen-bond acceptors (Lipinski definition) is 3. The Balaban J connectivity index is 1.96. The number of Topliss-reactive ketones (excluding diaryl/α,β-unsaturated/α-hetero) is 1. The van der Waals surface area contributed by atoms with Gasteiger partial charge in [0.2, 0.25) is 0 Å². The molecule has 1 fully saturated rings. The minimum atomic E-state index is 0.0997. The first-order valence-electron chi connectivity index (χ1n) is 8.10. The molecule has 0 radical (unpaired) electrons. The molecule has 0 N–H and O–H groups in total. The molecule has 0 aromatic heterocycles. The van der Waals surface area contributed by atoms with Gasteiger partial charge in [0.1, 0.15) is 11.5 Å². The monoisotopic (exact) mass is 324 g/mol. The number of ether oxygens (including phenoxy) is 2. The fraction of sp³-hybridized carbons (Fsp3) is 0.611. The van der Waals surface area contributed by atoms with E-state index in [0.717, 1.165) is 18.8 Å². The maximum atomic E-state index is 12.5. The lowest BCUT2D eigenvalue weighted by Gasteiger charge is -2.21. The fourth-order valence-corrected chi connectivity index (χ4v) is 3.47. The van der Waals surface area contributed by atoms with Gasteiger partial charge >= 0.3 is 0 Å². The van der Waals surface area contributed by atoms with Gasteiger partial charge in [-0.2, -0.15) is 0 Å². The lowest BCUT2D eigenvalue weighted by Crippen LogP contribution is -2.08. The minimum Gasteiger partial charge on any atom is -0.496 e. The average molecular weight is 325 g/mol. The van der Waals surface area contributed by atoms with Gasteiger partial charge in [0.25, 0.3) is 0 Å². The highest BCUT2D eigenvalue weighted by molar-refractivity contribution is 6.32. The molecule has 22 heavy (non-hydrogen) atoms. The number of carbonyl (C=O) groups excluding carboxylic acids is 1. The first kappa shape index (κ1) is 17.1. The maximum Gasteiger partial charge on any atom is 0.166 e. The lowest BCUT2D eigenvalue weighted by molar-refractivity contribution is 0.0973. The molecule has 1 saturated carbocycles. The van der Waals surface area contributed by atoms with Crippen LogP contribution in [0.3, 0.4) is 0 Å². The summed E-state index contributed by atoms with van der Waals surface area (Å²) < 4.78 is 10.5. The predicted octanol–water partition coefficient (Wildman–Crippen LogP) is 5.29. The SMILES string of the molecule is COc1cc(C(=O)CCCC2CCCCC2)c(OC)cc1Cl. The van der Waals surface area contributed by atoms with Crippen molar-refractivity contribution in [3.8, 4) is 11.5 Å². The third kappa shape index (κ3) is 4.39. The van der Waals surface area contributed by atoms with Crippen LogP contribution in [0.15, 0.2) is 12.1 Å². The Morgan fingerprint density at radius 3 is 2.45 bits per heavy atom. The van der Waals surface area contributed by atoms with Crippen LogP contribution in [0.4, 0.5) is 0 Å². The van der Waals surface area contributed by atoms with E-state index >= 15 is 0 Å². The molecule has 3 nitrogen and oxygen atoms in total. The Morgan fingerprint density at radius 2 is 1.82 bits per heavy atom. The highest BCUT2D eigenvalue weighted by Gasteiger charge is 2.18. The summed E-state index contributed by atoms with van der Waals surface area (Å²) in [6.07, 6.45) is 9.37. The third-order valence-corrected chi connectivity index (χ3v) is 4.81. The molecule has 1 aliphatic rings. The summed E-state index contributed by atoms with van der Waals surface area (Å²) in [5.74, 6) is 1.94. The molecule has 4 heteroatoms. The molecule has 0 atom stereocenters. The van der Waals surface area contributed by atoms with Crippen molar-refractivity contribution in [2.75, 3.05) is 14.2 Å². The molecule has 1 aliphatic carbocycles. The fourth-order valence-electron chi connectivity index (χ4n) is 3.24. The van der Waals surface area contributed by atoms with E-state index in [1.165, 1.54) is 32.1 Å². The van der Waals surface area contributed by atoms with Crippen LogP contribution in [0.25, 0.3) is 0 Å². The number of ketones is 1. The van der Waals surface area contributed by atoms with Crippen LogP contribution in [0.5, 0.6) is 11.5 Å². The van der Waals surface area contributed by atoms with E-state index in [0.29, 0.717) is 28.5 Å². The van der Waals surface area contributed by atoms with Crippen molar-refractivity contribution >= 4 is 17.4 Å². The number of benzene rings is 1. The molecular formula is C18H25ClO3. The molecule has 122 valence electrons. The zero-order valence-corrected chi connectivity index (χ0v) is 14.2. The summed E-state index contributed by atoms with van der Waals surface area (Å²) in [6.45, 7) is 0. The number of rotatable bonds is 7. The summed E-state index contributed by atoms with van der Waals surface area (Å²) in [5.41, 5.74) is 0.562. The highest BCUT2D eigenvalue weighted by atomic mass is 35.5. The van der Waals surface area contributed by atoms with Crippen molar-refractivity contribution in [3.63, 3.8) is 0 Å². The summed E-state index contributed by atoms with van der Waals surface area (Å²) in [5, 5.41) is 0.457. The van der Waals surface area contributed by atoms with E-state index in [9.17, 15) is 4.79 Å². The maximum absolute atomic E-state index is 12.5. The van der Waals surface area contributed by atoms with Crippen LogP contribution >= 0.6 is 11.6 Å². The van der Waals surface area contributed by atoms with Crippen LogP contribution in [0.2, 0.25) is 5.02 Å². The molecular weight excluding hydrogens is 300 g/mol. The second-order valence-corrected chi connectivity index (χ2v) is 6.41. The number of methoxy groups -OCH3 is 2. The van der Waals surface area contributed by atoms with Crippen LogP contribution in [0.1, 0.15) is 61.7 Å². The van der Waals surface area contributed by atoms with Gasteiger partial charge in [0.15, 0.2) is 5.78 Å². The molecule has 1 aromatic carbocycles. The van der Waals surface area contributed by atoms with E-state index in [-0.39, 0.29) is 5.78 Å². The van der Waals surface area contributed by atoms with Crippen LogP contribution in [-0.2, 0) is 0 Å². The van der Waals surface area contributed by atoms with Gasteiger partial charge in [-0.1, -0.05) is 50.1 Å². The number of hydrogen-bond donors (Lipinski definition) is 0.